The van der Waals surface area contributed by atoms with Crippen LogP contribution in [0.15, 0.2) is 30.3 Å². The van der Waals surface area contributed by atoms with Crippen molar-refractivity contribution < 1.29 is 9.47 Å². The molecular formula is C18H30N2O2. The molecule has 0 aromatic heterocycles. The zero-order chi connectivity index (χ0) is 16.0. The molecule has 1 aliphatic rings. The topological polar surface area (TPSA) is 56.5 Å². The first-order valence-electron chi connectivity index (χ1n) is 8.42. The molecule has 1 aromatic carbocycles. The van der Waals surface area contributed by atoms with Crippen LogP contribution in [0.3, 0.4) is 0 Å². The van der Waals surface area contributed by atoms with E-state index in [9.17, 15) is 0 Å². The second-order valence-corrected chi connectivity index (χ2v) is 6.06. The second kappa shape index (κ2) is 8.06. The highest BCUT2D eigenvalue weighted by Gasteiger charge is 2.56. The van der Waals surface area contributed by atoms with Crippen LogP contribution >= 0.6 is 0 Å². The molecule has 1 aromatic rings. The van der Waals surface area contributed by atoms with Gasteiger partial charge in [-0.05, 0) is 39.2 Å². The van der Waals surface area contributed by atoms with Gasteiger partial charge in [-0.25, -0.2) is 0 Å². The molecule has 0 heterocycles. The summed E-state index contributed by atoms with van der Waals surface area (Å²) in [5.74, 6) is 0. The van der Waals surface area contributed by atoms with Gasteiger partial charge >= 0.3 is 0 Å². The molecule has 0 bridgehead atoms. The second-order valence-electron chi connectivity index (χ2n) is 6.06. The minimum absolute atomic E-state index is 0.0177. The summed E-state index contributed by atoms with van der Waals surface area (Å²) >= 11 is 0. The Hall–Kier alpha value is -0.940. The monoisotopic (exact) mass is 306 g/mol. The molecule has 0 spiro atoms. The van der Waals surface area contributed by atoms with Gasteiger partial charge in [-0.1, -0.05) is 30.3 Å². The van der Waals surface area contributed by atoms with Gasteiger partial charge in [-0.3, -0.25) is 0 Å². The van der Waals surface area contributed by atoms with Crippen LogP contribution in [0, 0.1) is 5.41 Å². The third-order valence-electron chi connectivity index (χ3n) is 4.61. The Kier molecular flexibility index (Phi) is 6.38. The van der Waals surface area contributed by atoms with E-state index >= 15 is 0 Å². The number of nitrogens with one attached hydrogen (secondary N) is 1. The number of nitrogens with two attached hydrogens (primary N) is 1. The quantitative estimate of drug-likeness (QED) is 0.653. The molecule has 0 saturated heterocycles. The lowest BCUT2D eigenvalue weighted by Gasteiger charge is -2.35. The number of rotatable bonds is 10. The molecule has 124 valence electrons. The van der Waals surface area contributed by atoms with E-state index < -0.39 is 0 Å². The van der Waals surface area contributed by atoms with Crippen molar-refractivity contribution in [2.75, 3.05) is 19.8 Å². The summed E-state index contributed by atoms with van der Waals surface area (Å²) in [7, 11) is 0. The summed E-state index contributed by atoms with van der Waals surface area (Å²) in [5, 5.41) is 3.70. The Morgan fingerprint density at radius 3 is 2.18 bits per heavy atom. The molecule has 1 fully saturated rings. The summed E-state index contributed by atoms with van der Waals surface area (Å²) in [5.41, 5.74) is 7.38. The van der Waals surface area contributed by atoms with Crippen molar-refractivity contribution in [3.63, 3.8) is 0 Å². The van der Waals surface area contributed by atoms with E-state index in [0.717, 1.165) is 12.8 Å². The fourth-order valence-corrected chi connectivity index (χ4v) is 3.18. The first-order chi connectivity index (χ1) is 10.7. The minimum Gasteiger partial charge on any atom is -0.352 e. The zero-order valence-corrected chi connectivity index (χ0v) is 14.0. The number of benzene rings is 1. The molecule has 0 radical (unpaired) electrons. The van der Waals surface area contributed by atoms with E-state index in [-0.39, 0.29) is 23.8 Å². The lowest BCUT2D eigenvalue weighted by atomic mass is 9.93. The summed E-state index contributed by atoms with van der Waals surface area (Å²) in [6.07, 6.45) is 2.05. The van der Waals surface area contributed by atoms with Crippen molar-refractivity contribution >= 4 is 0 Å². The smallest absolute Gasteiger partial charge is 0.164 e. The Bertz CT molecular complexity index is 428. The predicted octanol–water partition coefficient (Wildman–Crippen LogP) is 2.84. The third-order valence-corrected chi connectivity index (χ3v) is 4.61. The Balaban J connectivity index is 2.06. The molecule has 3 N–H and O–H groups in total. The van der Waals surface area contributed by atoms with E-state index in [1.54, 1.807) is 0 Å². The van der Waals surface area contributed by atoms with Crippen molar-refractivity contribution in [1.82, 2.24) is 5.32 Å². The van der Waals surface area contributed by atoms with Crippen LogP contribution in [-0.2, 0) is 9.47 Å². The number of hydrogen-bond acceptors (Lipinski definition) is 4. The molecule has 1 aliphatic carbocycles. The largest absolute Gasteiger partial charge is 0.352 e. The van der Waals surface area contributed by atoms with Gasteiger partial charge in [-0.15, -0.1) is 0 Å². The first-order valence-corrected chi connectivity index (χ1v) is 8.42. The van der Waals surface area contributed by atoms with Gasteiger partial charge in [0, 0.05) is 37.3 Å². The van der Waals surface area contributed by atoms with Crippen molar-refractivity contribution in [2.24, 2.45) is 11.1 Å². The van der Waals surface area contributed by atoms with Crippen LogP contribution in [0.4, 0.5) is 0 Å². The maximum Gasteiger partial charge on any atom is 0.164 e. The average Bonchev–Trinajstić information content (AvgIpc) is 3.34. The molecular weight excluding hydrogens is 276 g/mol. The van der Waals surface area contributed by atoms with Gasteiger partial charge in [0.1, 0.15) is 0 Å². The van der Waals surface area contributed by atoms with Gasteiger partial charge in [0.15, 0.2) is 6.29 Å². The van der Waals surface area contributed by atoms with E-state index in [4.69, 9.17) is 15.2 Å². The molecule has 4 heteroatoms. The Morgan fingerprint density at radius 1 is 1.14 bits per heavy atom. The number of hydrogen-bond donors (Lipinski definition) is 2. The van der Waals surface area contributed by atoms with Crippen molar-refractivity contribution in [3.05, 3.63) is 35.9 Å². The fraction of sp³-hybridized carbons (Fsp3) is 0.667. The molecule has 0 aliphatic heterocycles. The highest BCUT2D eigenvalue weighted by atomic mass is 16.7. The fourth-order valence-electron chi connectivity index (χ4n) is 3.18. The van der Waals surface area contributed by atoms with Gasteiger partial charge in [-0.2, -0.15) is 0 Å². The Labute approximate surface area is 134 Å². The molecule has 1 unspecified atom stereocenters. The highest BCUT2D eigenvalue weighted by Crippen LogP contribution is 2.53. The third kappa shape index (κ3) is 3.87. The lowest BCUT2D eigenvalue weighted by Crippen LogP contribution is -2.50. The summed E-state index contributed by atoms with van der Waals surface area (Å²) in [4.78, 5) is 0. The summed E-state index contributed by atoms with van der Waals surface area (Å²) < 4.78 is 11.7. The van der Waals surface area contributed by atoms with Gasteiger partial charge in [0.05, 0.1) is 0 Å². The zero-order valence-electron chi connectivity index (χ0n) is 14.0. The van der Waals surface area contributed by atoms with Crippen molar-refractivity contribution in [2.45, 2.75) is 52.0 Å². The normalized spacial score (nSPS) is 19.1. The van der Waals surface area contributed by atoms with Gasteiger partial charge in [0.25, 0.3) is 0 Å². The van der Waals surface area contributed by atoms with Gasteiger partial charge < -0.3 is 20.5 Å². The summed E-state index contributed by atoms with van der Waals surface area (Å²) in [6, 6.07) is 10.9. The van der Waals surface area contributed by atoms with Crippen LogP contribution in [0.1, 0.15) is 45.2 Å². The standard InChI is InChI=1S/C18H30N2O2/c1-4-21-17(22-5-2)18(11-12-18)16(13-19)20-14(3)15-9-7-6-8-10-15/h6-10,14,16-17,20H,4-5,11-13,19H2,1-3H3/t14-,16?/m0/s1. The summed E-state index contributed by atoms with van der Waals surface area (Å²) in [6.45, 7) is 8.13. The van der Waals surface area contributed by atoms with Crippen LogP contribution < -0.4 is 11.1 Å². The molecule has 22 heavy (non-hydrogen) atoms. The van der Waals surface area contributed by atoms with Crippen LogP contribution in [0.2, 0.25) is 0 Å². The van der Waals surface area contributed by atoms with E-state index in [2.05, 4.69) is 36.5 Å². The molecule has 4 nitrogen and oxygen atoms in total. The minimum atomic E-state index is -0.161. The predicted molar refractivity (Wildman–Crippen MR) is 89.5 cm³/mol. The van der Waals surface area contributed by atoms with E-state index in [1.165, 1.54) is 5.56 Å². The average molecular weight is 306 g/mol. The Morgan fingerprint density at radius 2 is 1.73 bits per heavy atom. The maximum atomic E-state index is 6.08. The highest BCUT2D eigenvalue weighted by molar-refractivity contribution is 5.19. The molecule has 1 saturated carbocycles. The number of ether oxygens (including phenoxy) is 2. The molecule has 2 atom stereocenters. The lowest BCUT2D eigenvalue weighted by molar-refractivity contribution is -0.182. The van der Waals surface area contributed by atoms with E-state index in [0.29, 0.717) is 19.8 Å². The van der Waals surface area contributed by atoms with Crippen LogP contribution in [-0.4, -0.2) is 32.1 Å². The molecule has 0 amide bonds. The first kappa shape index (κ1) is 17.4. The van der Waals surface area contributed by atoms with E-state index in [1.807, 2.05) is 19.9 Å². The SMILES string of the molecule is CCOC(OCC)C1(C(CN)N[C@@H](C)c2ccccc2)CC1. The van der Waals surface area contributed by atoms with Crippen molar-refractivity contribution in [3.8, 4) is 0 Å². The molecule has 2 rings (SSSR count). The van der Waals surface area contributed by atoms with Crippen molar-refractivity contribution in [1.29, 1.82) is 0 Å². The van der Waals surface area contributed by atoms with Crippen LogP contribution in [0.5, 0.6) is 0 Å². The maximum absolute atomic E-state index is 6.08. The van der Waals surface area contributed by atoms with Crippen LogP contribution in [0.25, 0.3) is 0 Å². The van der Waals surface area contributed by atoms with Gasteiger partial charge in [0.2, 0.25) is 0 Å².